The number of ether oxygens (including phenoxy) is 2. The highest BCUT2D eigenvalue weighted by molar-refractivity contribution is 6.44. The van der Waals surface area contributed by atoms with Gasteiger partial charge in [-0.3, -0.25) is 4.79 Å². The van der Waals surface area contributed by atoms with Gasteiger partial charge >= 0.3 is 0 Å². The van der Waals surface area contributed by atoms with E-state index in [-0.39, 0.29) is 16.5 Å². The zero-order chi connectivity index (χ0) is 15.4. The van der Waals surface area contributed by atoms with Gasteiger partial charge in [-0.25, -0.2) is 0 Å². The average molecular weight is 326 g/mol. The number of hydrogen-bond donors (Lipinski definition) is 1. The second-order valence-electron chi connectivity index (χ2n) is 4.12. The largest absolute Gasteiger partial charge is 0.497 e. The molecule has 6 heteroatoms. The third-order valence-corrected chi connectivity index (χ3v) is 3.67. The molecular weight excluding hydrogens is 313 g/mol. The Labute approximate surface area is 132 Å². The van der Waals surface area contributed by atoms with Gasteiger partial charge in [0.1, 0.15) is 11.5 Å². The lowest BCUT2D eigenvalue weighted by atomic mass is 10.2. The third-order valence-electron chi connectivity index (χ3n) is 2.85. The standard InChI is InChI=1S/C15H13Cl2NO3/c1-20-9-6-7-13(21-2)12(8-9)18-15(19)10-4-3-5-11(16)14(10)17/h3-8H,1-2H3,(H,18,19). The van der Waals surface area contributed by atoms with E-state index in [0.29, 0.717) is 22.2 Å². The third kappa shape index (κ3) is 3.40. The first kappa shape index (κ1) is 15.5. The molecular formula is C15H13Cl2NO3. The summed E-state index contributed by atoms with van der Waals surface area (Å²) in [6, 6.07) is 9.97. The van der Waals surface area contributed by atoms with Crippen molar-refractivity contribution in [2.24, 2.45) is 0 Å². The highest BCUT2D eigenvalue weighted by atomic mass is 35.5. The molecule has 4 nitrogen and oxygen atoms in total. The summed E-state index contributed by atoms with van der Waals surface area (Å²) in [5.74, 6) is 0.736. The summed E-state index contributed by atoms with van der Waals surface area (Å²) in [5.41, 5.74) is 0.770. The van der Waals surface area contributed by atoms with Crippen molar-refractivity contribution in [3.8, 4) is 11.5 Å². The Hall–Kier alpha value is -1.91. The Morgan fingerprint density at radius 3 is 2.52 bits per heavy atom. The van der Waals surface area contributed by atoms with Gasteiger partial charge in [0.15, 0.2) is 0 Å². The lowest BCUT2D eigenvalue weighted by Crippen LogP contribution is -2.13. The van der Waals surface area contributed by atoms with Crippen LogP contribution in [0, 0.1) is 0 Å². The number of carbonyl (C=O) groups excluding carboxylic acids is 1. The monoisotopic (exact) mass is 325 g/mol. The quantitative estimate of drug-likeness (QED) is 0.913. The number of methoxy groups -OCH3 is 2. The second-order valence-corrected chi connectivity index (χ2v) is 4.91. The van der Waals surface area contributed by atoms with Gasteiger partial charge in [-0.05, 0) is 24.3 Å². The molecule has 21 heavy (non-hydrogen) atoms. The van der Waals surface area contributed by atoms with Gasteiger partial charge in [-0.15, -0.1) is 0 Å². The molecule has 0 saturated carbocycles. The van der Waals surface area contributed by atoms with Crippen molar-refractivity contribution in [1.82, 2.24) is 0 Å². The first-order valence-electron chi connectivity index (χ1n) is 6.04. The SMILES string of the molecule is COc1ccc(OC)c(NC(=O)c2cccc(Cl)c2Cl)c1. The predicted molar refractivity (Wildman–Crippen MR) is 84.0 cm³/mol. The maximum absolute atomic E-state index is 12.3. The van der Waals surface area contributed by atoms with Gasteiger partial charge in [-0.1, -0.05) is 29.3 Å². The van der Waals surface area contributed by atoms with Gasteiger partial charge in [0.25, 0.3) is 5.91 Å². The molecule has 0 aliphatic heterocycles. The van der Waals surface area contributed by atoms with Crippen molar-refractivity contribution in [2.75, 3.05) is 19.5 Å². The maximum atomic E-state index is 12.3. The van der Waals surface area contributed by atoms with E-state index in [1.54, 1.807) is 43.5 Å². The second kappa shape index (κ2) is 6.70. The molecule has 2 aromatic carbocycles. The number of anilines is 1. The van der Waals surface area contributed by atoms with Crippen molar-refractivity contribution >= 4 is 34.8 Å². The summed E-state index contributed by atoms with van der Waals surface area (Å²) in [5, 5.41) is 3.26. The van der Waals surface area contributed by atoms with E-state index in [1.807, 2.05) is 0 Å². The molecule has 0 spiro atoms. The molecule has 2 aromatic rings. The molecule has 0 aliphatic carbocycles. The van der Waals surface area contributed by atoms with E-state index in [1.165, 1.54) is 7.11 Å². The molecule has 0 heterocycles. The fourth-order valence-electron chi connectivity index (χ4n) is 1.78. The number of nitrogens with one attached hydrogen (secondary N) is 1. The van der Waals surface area contributed by atoms with Crippen molar-refractivity contribution in [1.29, 1.82) is 0 Å². The number of hydrogen-bond acceptors (Lipinski definition) is 3. The zero-order valence-corrected chi connectivity index (χ0v) is 13.0. The normalized spacial score (nSPS) is 10.1. The van der Waals surface area contributed by atoms with E-state index in [0.717, 1.165) is 0 Å². The first-order chi connectivity index (χ1) is 10.1. The Bertz CT molecular complexity index is 674. The van der Waals surface area contributed by atoms with E-state index >= 15 is 0 Å². The molecule has 0 bridgehead atoms. The molecule has 0 aliphatic rings. The minimum Gasteiger partial charge on any atom is -0.497 e. The molecule has 1 N–H and O–H groups in total. The van der Waals surface area contributed by atoms with Crippen LogP contribution in [0.15, 0.2) is 36.4 Å². The van der Waals surface area contributed by atoms with Gasteiger partial charge in [0.05, 0.1) is 35.5 Å². The number of rotatable bonds is 4. The predicted octanol–water partition coefficient (Wildman–Crippen LogP) is 4.26. The highest BCUT2D eigenvalue weighted by Crippen LogP contribution is 2.31. The molecule has 0 aromatic heterocycles. The Balaban J connectivity index is 2.33. The zero-order valence-electron chi connectivity index (χ0n) is 11.4. The molecule has 0 unspecified atom stereocenters. The summed E-state index contributed by atoms with van der Waals surface area (Å²) in [4.78, 5) is 12.3. The summed E-state index contributed by atoms with van der Waals surface area (Å²) >= 11 is 11.9. The van der Waals surface area contributed by atoms with Gasteiger partial charge in [0.2, 0.25) is 0 Å². The van der Waals surface area contributed by atoms with Crippen LogP contribution in [0.25, 0.3) is 0 Å². The Morgan fingerprint density at radius 2 is 1.86 bits per heavy atom. The lowest BCUT2D eigenvalue weighted by molar-refractivity contribution is 0.102. The molecule has 2 rings (SSSR count). The van der Waals surface area contributed by atoms with E-state index in [4.69, 9.17) is 32.7 Å². The summed E-state index contributed by atoms with van der Waals surface area (Å²) in [6.45, 7) is 0. The minimum atomic E-state index is -0.381. The van der Waals surface area contributed by atoms with Crippen LogP contribution < -0.4 is 14.8 Å². The van der Waals surface area contributed by atoms with E-state index in [9.17, 15) is 4.79 Å². The molecule has 0 saturated heterocycles. The topological polar surface area (TPSA) is 47.6 Å². The van der Waals surface area contributed by atoms with Gasteiger partial charge in [0, 0.05) is 6.07 Å². The number of amides is 1. The van der Waals surface area contributed by atoms with Crippen LogP contribution >= 0.6 is 23.2 Å². The molecule has 0 atom stereocenters. The Kier molecular flexibility index (Phi) is 4.94. The molecule has 0 radical (unpaired) electrons. The lowest BCUT2D eigenvalue weighted by Gasteiger charge is -2.12. The highest BCUT2D eigenvalue weighted by Gasteiger charge is 2.15. The smallest absolute Gasteiger partial charge is 0.257 e. The number of carbonyl (C=O) groups is 1. The summed E-state index contributed by atoms with van der Waals surface area (Å²) < 4.78 is 10.3. The van der Waals surface area contributed by atoms with Crippen molar-refractivity contribution < 1.29 is 14.3 Å². The van der Waals surface area contributed by atoms with Crippen LogP contribution in [0.4, 0.5) is 5.69 Å². The van der Waals surface area contributed by atoms with Crippen LogP contribution in [-0.4, -0.2) is 20.1 Å². The molecule has 0 fully saturated rings. The number of benzene rings is 2. The van der Waals surface area contributed by atoms with Crippen LogP contribution in [0.2, 0.25) is 10.0 Å². The van der Waals surface area contributed by atoms with E-state index in [2.05, 4.69) is 5.32 Å². The van der Waals surface area contributed by atoms with Crippen LogP contribution in [0.1, 0.15) is 10.4 Å². The van der Waals surface area contributed by atoms with Gasteiger partial charge < -0.3 is 14.8 Å². The summed E-state index contributed by atoms with van der Waals surface area (Å²) in [6.07, 6.45) is 0. The molecule has 110 valence electrons. The first-order valence-corrected chi connectivity index (χ1v) is 6.79. The van der Waals surface area contributed by atoms with Crippen LogP contribution in [0.3, 0.4) is 0 Å². The fourth-order valence-corrected chi connectivity index (χ4v) is 2.17. The fraction of sp³-hybridized carbons (Fsp3) is 0.133. The minimum absolute atomic E-state index is 0.207. The maximum Gasteiger partial charge on any atom is 0.257 e. The van der Waals surface area contributed by atoms with Crippen molar-refractivity contribution in [2.45, 2.75) is 0 Å². The average Bonchev–Trinajstić information content (AvgIpc) is 2.49. The van der Waals surface area contributed by atoms with Gasteiger partial charge in [-0.2, -0.15) is 0 Å². The summed E-state index contributed by atoms with van der Waals surface area (Å²) in [7, 11) is 3.06. The van der Waals surface area contributed by atoms with E-state index < -0.39 is 0 Å². The van der Waals surface area contributed by atoms with Crippen molar-refractivity contribution in [3.63, 3.8) is 0 Å². The van der Waals surface area contributed by atoms with Crippen LogP contribution in [-0.2, 0) is 0 Å². The molecule has 1 amide bonds. The van der Waals surface area contributed by atoms with Crippen LogP contribution in [0.5, 0.6) is 11.5 Å². The van der Waals surface area contributed by atoms with Crippen molar-refractivity contribution in [3.05, 3.63) is 52.0 Å². The number of halogens is 2. The Morgan fingerprint density at radius 1 is 1.10 bits per heavy atom.